The number of anilines is 1. The van der Waals surface area contributed by atoms with Crippen molar-refractivity contribution < 1.29 is 9.47 Å². The van der Waals surface area contributed by atoms with Gasteiger partial charge in [0, 0.05) is 24.7 Å². The Balaban J connectivity index is 2.57. The predicted molar refractivity (Wildman–Crippen MR) is 77.7 cm³/mol. The molecule has 19 heavy (non-hydrogen) atoms. The molecule has 0 bridgehead atoms. The number of aromatic nitrogens is 1. The van der Waals surface area contributed by atoms with Crippen LogP contribution in [0.25, 0.3) is 0 Å². The van der Waals surface area contributed by atoms with Crippen LogP contribution in [-0.4, -0.2) is 42.2 Å². The summed E-state index contributed by atoms with van der Waals surface area (Å²) in [6.07, 6.45) is 0. The molecule has 0 aliphatic heterocycles. The minimum Gasteiger partial charge on any atom is -0.481 e. The molecule has 0 fully saturated rings. The minimum absolute atomic E-state index is 0.437. The first-order valence-electron chi connectivity index (χ1n) is 6.64. The van der Waals surface area contributed by atoms with E-state index in [2.05, 4.69) is 37.6 Å². The predicted octanol–water partition coefficient (Wildman–Crippen LogP) is 2.17. The molecule has 0 aliphatic carbocycles. The van der Waals surface area contributed by atoms with Gasteiger partial charge in [-0.3, -0.25) is 4.90 Å². The van der Waals surface area contributed by atoms with E-state index in [1.165, 1.54) is 0 Å². The monoisotopic (exact) mass is 267 g/mol. The van der Waals surface area contributed by atoms with Crippen LogP contribution >= 0.6 is 0 Å². The maximum absolute atomic E-state index is 5.82. The van der Waals surface area contributed by atoms with E-state index in [4.69, 9.17) is 15.2 Å². The third-order valence-electron chi connectivity index (χ3n) is 2.99. The summed E-state index contributed by atoms with van der Waals surface area (Å²) in [6, 6.07) is 4.43. The third-order valence-corrected chi connectivity index (χ3v) is 2.99. The number of nitrogens with two attached hydrogens (primary N) is 1. The quantitative estimate of drug-likeness (QED) is 0.820. The molecule has 108 valence electrons. The van der Waals surface area contributed by atoms with E-state index >= 15 is 0 Å². The molecule has 0 spiro atoms. The van der Waals surface area contributed by atoms with Crippen molar-refractivity contribution in [3.63, 3.8) is 0 Å². The molecule has 0 aromatic carbocycles. The summed E-state index contributed by atoms with van der Waals surface area (Å²) in [5.74, 6) is 0.945. The summed E-state index contributed by atoms with van der Waals surface area (Å²) in [5, 5.41) is 0. The molecule has 5 heteroatoms. The zero-order valence-corrected chi connectivity index (χ0v) is 12.5. The van der Waals surface area contributed by atoms with Crippen LogP contribution in [-0.2, 0) is 0 Å². The van der Waals surface area contributed by atoms with Gasteiger partial charge >= 0.3 is 0 Å². The summed E-state index contributed by atoms with van der Waals surface area (Å²) >= 11 is 0. The number of hydrogen-bond acceptors (Lipinski definition) is 5. The number of nitrogens with zero attached hydrogens (tertiary/aromatic N) is 2. The molecule has 0 saturated heterocycles. The molecule has 1 rings (SSSR count). The molecule has 0 amide bonds. The summed E-state index contributed by atoms with van der Waals surface area (Å²) < 4.78 is 10.7. The lowest BCUT2D eigenvalue weighted by Gasteiger charge is -2.30. The van der Waals surface area contributed by atoms with Gasteiger partial charge in [-0.25, -0.2) is 0 Å². The van der Waals surface area contributed by atoms with E-state index in [0.717, 1.165) is 6.54 Å². The summed E-state index contributed by atoms with van der Waals surface area (Å²) in [7, 11) is 1.57. The van der Waals surface area contributed by atoms with E-state index in [-0.39, 0.29) is 0 Å². The summed E-state index contributed by atoms with van der Waals surface area (Å²) in [4.78, 5) is 6.55. The van der Waals surface area contributed by atoms with E-state index in [0.29, 0.717) is 36.1 Å². The molecule has 0 atom stereocenters. The lowest BCUT2D eigenvalue weighted by atomic mass is 10.2. The zero-order chi connectivity index (χ0) is 14.4. The first kappa shape index (κ1) is 15.6. The Morgan fingerprint density at radius 3 is 2.37 bits per heavy atom. The van der Waals surface area contributed by atoms with Gasteiger partial charge in [0.15, 0.2) is 0 Å². The van der Waals surface area contributed by atoms with Crippen LogP contribution < -0.4 is 15.2 Å². The summed E-state index contributed by atoms with van der Waals surface area (Å²) in [5.41, 5.74) is 6.35. The molecule has 0 unspecified atom stereocenters. The smallest absolute Gasteiger partial charge is 0.240 e. The number of methoxy groups -OCH3 is 1. The van der Waals surface area contributed by atoms with Gasteiger partial charge in [0.25, 0.3) is 0 Å². The number of rotatable bonds is 7. The van der Waals surface area contributed by atoms with Crippen molar-refractivity contribution in [3.8, 4) is 11.8 Å². The SMILES string of the molecule is COc1ccc(N)c(OCCN(C(C)C)C(C)C)n1. The molecule has 1 aromatic rings. The maximum Gasteiger partial charge on any atom is 0.240 e. The first-order valence-corrected chi connectivity index (χ1v) is 6.64. The zero-order valence-electron chi connectivity index (χ0n) is 12.5. The second-order valence-electron chi connectivity index (χ2n) is 5.02. The van der Waals surface area contributed by atoms with Crippen molar-refractivity contribution in [1.29, 1.82) is 0 Å². The molecular weight excluding hydrogens is 242 g/mol. The Morgan fingerprint density at radius 2 is 1.84 bits per heavy atom. The van der Waals surface area contributed by atoms with Crippen LogP contribution in [0.5, 0.6) is 11.8 Å². The fourth-order valence-corrected chi connectivity index (χ4v) is 2.02. The lowest BCUT2D eigenvalue weighted by Crippen LogP contribution is -2.39. The van der Waals surface area contributed by atoms with Crippen LogP contribution in [0.1, 0.15) is 27.7 Å². The van der Waals surface area contributed by atoms with Crippen molar-refractivity contribution in [2.45, 2.75) is 39.8 Å². The highest BCUT2D eigenvalue weighted by atomic mass is 16.5. The topological polar surface area (TPSA) is 60.6 Å². The Bertz CT molecular complexity index is 386. The Hall–Kier alpha value is -1.49. The molecule has 5 nitrogen and oxygen atoms in total. The van der Waals surface area contributed by atoms with Crippen molar-refractivity contribution >= 4 is 5.69 Å². The third kappa shape index (κ3) is 4.59. The van der Waals surface area contributed by atoms with E-state index in [9.17, 15) is 0 Å². The fourth-order valence-electron chi connectivity index (χ4n) is 2.02. The second kappa shape index (κ2) is 7.19. The molecule has 2 N–H and O–H groups in total. The minimum atomic E-state index is 0.437. The number of pyridine rings is 1. The molecule has 0 aliphatic rings. The molecule has 0 saturated carbocycles. The molecule has 1 heterocycles. The largest absolute Gasteiger partial charge is 0.481 e. The van der Waals surface area contributed by atoms with Crippen LogP contribution in [0.2, 0.25) is 0 Å². The van der Waals surface area contributed by atoms with Crippen LogP contribution in [0.3, 0.4) is 0 Å². The maximum atomic E-state index is 5.82. The van der Waals surface area contributed by atoms with Crippen LogP contribution in [0.4, 0.5) is 5.69 Å². The average Bonchev–Trinajstić information content (AvgIpc) is 2.35. The Labute approximate surface area is 115 Å². The average molecular weight is 267 g/mol. The van der Waals surface area contributed by atoms with Gasteiger partial charge in [0.2, 0.25) is 11.8 Å². The highest BCUT2D eigenvalue weighted by molar-refractivity contribution is 5.49. The van der Waals surface area contributed by atoms with Gasteiger partial charge < -0.3 is 15.2 Å². The highest BCUT2D eigenvalue weighted by Crippen LogP contribution is 2.21. The molecular formula is C14H25N3O2. The van der Waals surface area contributed by atoms with Crippen LogP contribution in [0, 0.1) is 0 Å². The van der Waals surface area contributed by atoms with E-state index in [1.807, 2.05) is 0 Å². The Morgan fingerprint density at radius 1 is 1.21 bits per heavy atom. The lowest BCUT2D eigenvalue weighted by molar-refractivity contribution is 0.140. The van der Waals surface area contributed by atoms with Crippen molar-refractivity contribution in [3.05, 3.63) is 12.1 Å². The normalized spacial score (nSPS) is 11.4. The number of ether oxygens (including phenoxy) is 2. The first-order chi connectivity index (χ1) is 8.95. The van der Waals surface area contributed by atoms with Crippen LogP contribution in [0.15, 0.2) is 12.1 Å². The molecule has 0 radical (unpaired) electrons. The standard InChI is InChI=1S/C14H25N3O2/c1-10(2)17(11(3)4)8-9-19-14-12(15)6-7-13(16-14)18-5/h6-7,10-11H,8-9,15H2,1-5H3. The number of hydrogen-bond donors (Lipinski definition) is 1. The van der Waals surface area contributed by atoms with E-state index in [1.54, 1.807) is 19.2 Å². The fraction of sp³-hybridized carbons (Fsp3) is 0.643. The van der Waals surface area contributed by atoms with Gasteiger partial charge in [-0.15, -0.1) is 0 Å². The van der Waals surface area contributed by atoms with Gasteiger partial charge in [0.05, 0.1) is 12.8 Å². The van der Waals surface area contributed by atoms with E-state index < -0.39 is 0 Å². The number of nitrogen functional groups attached to an aromatic ring is 1. The van der Waals surface area contributed by atoms with Crippen molar-refractivity contribution in [1.82, 2.24) is 9.88 Å². The highest BCUT2D eigenvalue weighted by Gasteiger charge is 2.13. The van der Waals surface area contributed by atoms with Crippen molar-refractivity contribution in [2.24, 2.45) is 0 Å². The summed E-state index contributed by atoms with van der Waals surface area (Å²) in [6.45, 7) is 10.1. The molecule has 1 aromatic heterocycles. The van der Waals surface area contributed by atoms with Gasteiger partial charge in [0.1, 0.15) is 6.61 Å². The van der Waals surface area contributed by atoms with Gasteiger partial charge in [-0.05, 0) is 33.8 Å². The van der Waals surface area contributed by atoms with Gasteiger partial charge in [-0.2, -0.15) is 4.98 Å². The Kier molecular flexibility index (Phi) is 5.89. The van der Waals surface area contributed by atoms with Gasteiger partial charge in [-0.1, -0.05) is 0 Å². The second-order valence-corrected chi connectivity index (χ2v) is 5.02. The van der Waals surface area contributed by atoms with Crippen molar-refractivity contribution in [2.75, 3.05) is 26.0 Å².